The molecule has 0 aromatic carbocycles. The molecule has 0 amide bonds. The predicted octanol–water partition coefficient (Wildman–Crippen LogP) is 5.21. The topological polar surface area (TPSA) is 0 Å². The minimum absolute atomic E-state index is 4.24. The Kier molecular flexibility index (Phi) is 3.02. The van der Waals surface area contributed by atoms with Crippen LogP contribution in [0.5, 0.6) is 0 Å². The van der Waals surface area contributed by atoms with Crippen LogP contribution in [-0.4, -0.2) is 56.6 Å². The highest BCUT2D eigenvalue weighted by Crippen LogP contribution is 2.89. The number of alkyl halides is 16. The van der Waals surface area contributed by atoms with Crippen molar-refractivity contribution in [2.24, 2.45) is 0 Å². The smallest absolute Gasteiger partial charge is 0.223 e. The Morgan fingerprint density at radius 1 is 0.308 bits per heavy atom. The van der Waals surface area contributed by atoms with Crippen LogP contribution in [0.25, 0.3) is 0 Å². The second kappa shape index (κ2) is 3.86. The van der Waals surface area contributed by atoms with Gasteiger partial charge in [0, 0.05) is 0 Å². The average molecular weight is 457 g/mol. The molecule has 4 aliphatic carbocycles. The van der Waals surface area contributed by atoms with E-state index in [1.54, 1.807) is 0 Å². The second-order valence-corrected chi connectivity index (χ2v) is 7.21. The summed E-state index contributed by atoms with van der Waals surface area (Å²) in [5.74, 6) is -44.0. The predicted molar refractivity (Wildman–Crippen MR) is 54.5 cm³/mol. The van der Waals surface area contributed by atoms with E-state index in [0.29, 0.717) is 0 Å². The maximum Gasteiger partial charge on any atom is 0.339 e. The van der Waals surface area contributed by atoms with Gasteiger partial charge in [-0.15, -0.1) is 0 Å². The quantitative estimate of drug-likeness (QED) is 0.346. The van der Waals surface area contributed by atoms with Crippen molar-refractivity contribution in [3.05, 3.63) is 0 Å². The molecule has 4 aliphatic rings. The minimum Gasteiger partial charge on any atom is -0.223 e. The number of rotatable bonds is 0. The van der Waals surface area contributed by atoms with E-state index in [9.17, 15) is 61.5 Å². The van der Waals surface area contributed by atoms with Crippen molar-refractivity contribution in [3.63, 3.8) is 0 Å². The molecule has 0 radical (unpaired) electrons. The Labute approximate surface area is 142 Å². The SMILES string of the molecule is FC1(F)C2(F)C(F)(F)C3(Cl)C(F)(F)C1(F)C(F)(F)C(Cl)(C2(F)F)C3(F)F. The molecule has 0 aliphatic heterocycles. The van der Waals surface area contributed by atoms with Crippen LogP contribution in [0.1, 0.15) is 0 Å². The fraction of sp³-hybridized carbons (Fsp3) is 1.00. The van der Waals surface area contributed by atoms with Crippen LogP contribution < -0.4 is 0 Å². The lowest BCUT2D eigenvalue weighted by Gasteiger charge is -2.74. The molecule has 0 aromatic rings. The summed E-state index contributed by atoms with van der Waals surface area (Å²) in [6.45, 7) is 0. The highest BCUT2D eigenvalue weighted by atomic mass is 35.5. The van der Waals surface area contributed by atoms with Gasteiger partial charge in [-0.3, -0.25) is 0 Å². The van der Waals surface area contributed by atoms with Crippen LogP contribution in [0.4, 0.5) is 61.5 Å². The first-order valence-corrected chi connectivity index (χ1v) is 6.78. The van der Waals surface area contributed by atoms with E-state index in [-0.39, 0.29) is 0 Å². The molecule has 16 heteroatoms. The fourth-order valence-electron chi connectivity index (χ4n) is 3.79. The molecule has 152 valence electrons. The molecule has 0 nitrogen and oxygen atoms in total. The lowest BCUT2D eigenvalue weighted by Crippen LogP contribution is -3.08. The Bertz CT molecular complexity index is 515. The largest absolute Gasteiger partial charge is 0.339 e. The van der Waals surface area contributed by atoms with Gasteiger partial charge >= 0.3 is 46.9 Å². The first kappa shape index (κ1) is 20.3. The Hall–Kier alpha value is -0.400. The van der Waals surface area contributed by atoms with E-state index < -0.39 is 56.6 Å². The molecule has 0 saturated heterocycles. The van der Waals surface area contributed by atoms with Gasteiger partial charge in [0.15, 0.2) is 0 Å². The third kappa shape index (κ3) is 1.04. The van der Waals surface area contributed by atoms with E-state index in [1.165, 1.54) is 0 Å². The van der Waals surface area contributed by atoms with Gasteiger partial charge in [0.05, 0.1) is 0 Å². The minimum atomic E-state index is -7.60. The molecule has 0 spiro atoms. The molecule has 0 atom stereocenters. The monoisotopic (exact) mass is 456 g/mol. The maximum atomic E-state index is 14.3. The molecule has 0 aromatic heterocycles. The summed E-state index contributed by atoms with van der Waals surface area (Å²) in [5, 5.41) is 0. The zero-order valence-corrected chi connectivity index (χ0v) is 12.6. The van der Waals surface area contributed by atoms with Gasteiger partial charge in [-0.1, -0.05) is 23.2 Å². The van der Waals surface area contributed by atoms with Crippen molar-refractivity contribution in [2.75, 3.05) is 0 Å². The van der Waals surface area contributed by atoms with Crippen molar-refractivity contribution < 1.29 is 61.5 Å². The third-order valence-corrected chi connectivity index (χ3v) is 6.62. The third-order valence-electron chi connectivity index (χ3n) is 5.19. The van der Waals surface area contributed by atoms with Gasteiger partial charge < -0.3 is 0 Å². The molecule has 0 N–H and O–H groups in total. The van der Waals surface area contributed by atoms with Crippen LogP contribution in [0.2, 0.25) is 0 Å². The lowest BCUT2D eigenvalue weighted by molar-refractivity contribution is -0.552. The standard InChI is InChI=1S/C10Cl2F14/c11-1-5(15,16)2(12)8(21,22)3(13,6(1,17)18)10(25,26)4(14,7(1,19)20)9(2,23)24. The summed E-state index contributed by atoms with van der Waals surface area (Å²) < 4.78 is 196. The van der Waals surface area contributed by atoms with Crippen molar-refractivity contribution >= 4 is 23.2 Å². The van der Waals surface area contributed by atoms with Crippen molar-refractivity contribution in [1.82, 2.24) is 0 Å². The van der Waals surface area contributed by atoms with E-state index in [2.05, 4.69) is 23.2 Å². The van der Waals surface area contributed by atoms with E-state index >= 15 is 0 Å². The summed E-state index contributed by atoms with van der Waals surface area (Å²) in [5.41, 5.74) is -14.7. The van der Waals surface area contributed by atoms with E-state index in [4.69, 9.17) is 0 Å². The molecule has 4 saturated carbocycles. The number of halogens is 16. The molecule has 4 bridgehead atoms. The second-order valence-electron chi connectivity index (χ2n) is 6.08. The van der Waals surface area contributed by atoms with Crippen LogP contribution in [-0.2, 0) is 0 Å². The zero-order valence-electron chi connectivity index (χ0n) is 11.0. The number of hydrogen-bond donors (Lipinski definition) is 0. The molecule has 0 unspecified atom stereocenters. The average Bonchev–Trinajstić information content (AvgIpc) is 2.46. The molecular weight excluding hydrogens is 457 g/mol. The van der Waals surface area contributed by atoms with Crippen LogP contribution in [0, 0.1) is 0 Å². The van der Waals surface area contributed by atoms with Gasteiger partial charge in [0.1, 0.15) is 0 Å². The molecule has 26 heavy (non-hydrogen) atoms. The maximum absolute atomic E-state index is 14.3. The molecule has 4 fully saturated rings. The Balaban J connectivity index is 2.71. The summed E-state index contributed by atoms with van der Waals surface area (Å²) in [7, 11) is 0. The summed E-state index contributed by atoms with van der Waals surface area (Å²) >= 11 is 8.48. The summed E-state index contributed by atoms with van der Waals surface area (Å²) in [4.78, 5) is -13.2. The molecule has 0 heterocycles. The van der Waals surface area contributed by atoms with Crippen LogP contribution in [0.15, 0.2) is 0 Å². The first-order valence-electron chi connectivity index (χ1n) is 6.02. The van der Waals surface area contributed by atoms with Crippen molar-refractivity contribution in [3.8, 4) is 0 Å². The highest BCUT2D eigenvalue weighted by Gasteiger charge is 3.21. The van der Waals surface area contributed by atoms with Gasteiger partial charge in [-0.2, -0.15) is 8.78 Å². The summed E-state index contributed by atoms with van der Waals surface area (Å²) in [6.07, 6.45) is 0. The highest BCUT2D eigenvalue weighted by molar-refractivity contribution is 6.32. The van der Waals surface area contributed by atoms with Crippen LogP contribution in [0.3, 0.4) is 0 Å². The van der Waals surface area contributed by atoms with Gasteiger partial charge in [-0.05, 0) is 0 Å². The molecular formula is C10Cl2F14. The summed E-state index contributed by atoms with van der Waals surface area (Å²) in [6, 6.07) is 0. The Morgan fingerprint density at radius 2 is 0.500 bits per heavy atom. The lowest BCUT2D eigenvalue weighted by atomic mass is 9.42. The van der Waals surface area contributed by atoms with Gasteiger partial charge in [0.25, 0.3) is 0 Å². The Morgan fingerprint density at radius 3 is 0.692 bits per heavy atom. The van der Waals surface area contributed by atoms with E-state index in [1.807, 2.05) is 0 Å². The van der Waals surface area contributed by atoms with Crippen molar-refractivity contribution in [2.45, 2.75) is 56.6 Å². The first-order chi connectivity index (χ1) is 11.0. The molecule has 4 rings (SSSR count). The van der Waals surface area contributed by atoms with E-state index in [0.717, 1.165) is 0 Å². The number of hydrogen-bond acceptors (Lipinski definition) is 0. The zero-order chi connectivity index (χ0) is 21.0. The fourth-order valence-corrected chi connectivity index (χ4v) is 4.64. The van der Waals surface area contributed by atoms with Crippen LogP contribution >= 0.6 is 23.2 Å². The van der Waals surface area contributed by atoms with Gasteiger partial charge in [0.2, 0.25) is 9.75 Å². The van der Waals surface area contributed by atoms with Gasteiger partial charge in [-0.25, -0.2) is 52.7 Å². The normalized spacial score (nSPS) is 53.5. The van der Waals surface area contributed by atoms with Crippen molar-refractivity contribution in [1.29, 1.82) is 0 Å².